The summed E-state index contributed by atoms with van der Waals surface area (Å²) < 4.78 is 11.4. The highest BCUT2D eigenvalue weighted by Gasteiger charge is 2.37. The van der Waals surface area contributed by atoms with Crippen LogP contribution in [0.3, 0.4) is 0 Å². The number of rotatable bonds is 6. The molecule has 4 heteroatoms. The molecule has 0 amide bonds. The van der Waals surface area contributed by atoms with Crippen LogP contribution < -0.4 is 0 Å². The van der Waals surface area contributed by atoms with Gasteiger partial charge in [0, 0.05) is 12.6 Å². The van der Waals surface area contributed by atoms with Gasteiger partial charge in [0.2, 0.25) is 0 Å². The Morgan fingerprint density at radius 2 is 1.88 bits per heavy atom. The molecule has 0 bridgehead atoms. The van der Waals surface area contributed by atoms with E-state index in [1.165, 1.54) is 5.54 Å². The van der Waals surface area contributed by atoms with Gasteiger partial charge in [-0.15, -0.1) is 0 Å². The maximum absolute atomic E-state index is 6.08. The zero-order valence-electron chi connectivity index (χ0n) is 11.3. The molecule has 0 saturated carbocycles. The largest absolute Gasteiger partial charge is 0.414 e. The van der Waals surface area contributed by atoms with E-state index in [1.54, 1.807) is 7.11 Å². The third-order valence-corrected chi connectivity index (χ3v) is 7.94. The molecule has 0 aliphatic rings. The van der Waals surface area contributed by atoms with E-state index in [9.17, 15) is 0 Å². The summed E-state index contributed by atoms with van der Waals surface area (Å²) in [5.41, 5.74) is 1.53. The van der Waals surface area contributed by atoms with E-state index >= 15 is 0 Å². The predicted molar refractivity (Wildman–Crippen MR) is 73.6 cm³/mol. The van der Waals surface area contributed by atoms with Gasteiger partial charge in [0.25, 0.3) is 0 Å². The zero-order chi connectivity index (χ0) is 12.8. The molecule has 16 heavy (non-hydrogen) atoms. The highest BCUT2D eigenvalue weighted by Crippen LogP contribution is 2.36. The molecule has 0 aliphatic heterocycles. The van der Waals surface area contributed by atoms with Crippen LogP contribution in [0.25, 0.3) is 0 Å². The second-order valence-corrected chi connectivity index (χ2v) is 10.6. The molecule has 0 aromatic rings. The SMILES string of the molecule is CO[C@H](C/C=C/Cl)CO[Si](C)(C)C(C)(C)C. The minimum Gasteiger partial charge on any atom is -0.414 e. The average molecular weight is 265 g/mol. The molecule has 0 N–H and O–H groups in total. The van der Waals surface area contributed by atoms with Crippen LogP contribution in [0.1, 0.15) is 27.2 Å². The van der Waals surface area contributed by atoms with E-state index in [4.69, 9.17) is 20.8 Å². The van der Waals surface area contributed by atoms with Crippen LogP contribution in [0.2, 0.25) is 18.1 Å². The van der Waals surface area contributed by atoms with Crippen molar-refractivity contribution >= 4 is 19.9 Å². The van der Waals surface area contributed by atoms with Crippen molar-refractivity contribution in [3.63, 3.8) is 0 Å². The Morgan fingerprint density at radius 1 is 1.31 bits per heavy atom. The van der Waals surface area contributed by atoms with E-state index in [1.807, 2.05) is 6.08 Å². The standard InChI is InChI=1S/C12H25ClO2Si/c1-12(2,3)16(5,6)15-10-11(14-4)8-7-9-13/h7,9,11H,8,10H2,1-6H3/b9-7+/t11-/m1/s1. The van der Waals surface area contributed by atoms with E-state index in [0.717, 1.165) is 6.42 Å². The van der Waals surface area contributed by atoms with Gasteiger partial charge in [0.1, 0.15) is 0 Å². The van der Waals surface area contributed by atoms with Crippen molar-refractivity contribution in [3.05, 3.63) is 11.6 Å². The summed E-state index contributed by atoms with van der Waals surface area (Å²) in [6.45, 7) is 11.8. The van der Waals surface area contributed by atoms with Gasteiger partial charge in [0.15, 0.2) is 8.32 Å². The Balaban J connectivity index is 4.20. The number of hydrogen-bond donors (Lipinski definition) is 0. The average Bonchev–Trinajstić information content (AvgIpc) is 2.16. The minimum absolute atomic E-state index is 0.101. The lowest BCUT2D eigenvalue weighted by Crippen LogP contribution is -2.42. The molecule has 0 unspecified atom stereocenters. The molecular weight excluding hydrogens is 240 g/mol. The fourth-order valence-corrected chi connectivity index (χ4v) is 2.09. The lowest BCUT2D eigenvalue weighted by Gasteiger charge is -2.37. The van der Waals surface area contributed by atoms with E-state index in [0.29, 0.717) is 6.61 Å². The van der Waals surface area contributed by atoms with Gasteiger partial charge in [-0.25, -0.2) is 0 Å². The molecular formula is C12H25ClO2Si. The number of hydrogen-bond acceptors (Lipinski definition) is 2. The number of methoxy groups -OCH3 is 1. The van der Waals surface area contributed by atoms with Gasteiger partial charge in [-0.1, -0.05) is 38.4 Å². The fourth-order valence-electron chi connectivity index (χ4n) is 0.953. The van der Waals surface area contributed by atoms with Crippen molar-refractivity contribution in [2.24, 2.45) is 0 Å². The second-order valence-electron chi connectivity index (χ2n) is 5.53. The Morgan fingerprint density at radius 3 is 2.25 bits per heavy atom. The van der Waals surface area contributed by atoms with Crippen LogP contribution in [-0.2, 0) is 9.16 Å². The monoisotopic (exact) mass is 264 g/mol. The van der Waals surface area contributed by atoms with Crippen molar-refractivity contribution in [3.8, 4) is 0 Å². The smallest absolute Gasteiger partial charge is 0.192 e. The maximum atomic E-state index is 6.08. The van der Waals surface area contributed by atoms with Crippen molar-refractivity contribution in [1.29, 1.82) is 0 Å². The zero-order valence-corrected chi connectivity index (χ0v) is 13.1. The van der Waals surface area contributed by atoms with Crippen molar-refractivity contribution in [1.82, 2.24) is 0 Å². The van der Waals surface area contributed by atoms with E-state index in [-0.39, 0.29) is 11.1 Å². The van der Waals surface area contributed by atoms with Crippen LogP contribution >= 0.6 is 11.6 Å². The molecule has 0 aromatic heterocycles. The molecule has 96 valence electrons. The highest BCUT2D eigenvalue weighted by molar-refractivity contribution is 6.74. The normalized spacial score (nSPS) is 15.7. The van der Waals surface area contributed by atoms with Crippen LogP contribution in [0.5, 0.6) is 0 Å². The molecule has 2 nitrogen and oxygen atoms in total. The van der Waals surface area contributed by atoms with Crippen LogP contribution in [0, 0.1) is 0 Å². The molecule has 0 heterocycles. The quantitative estimate of drug-likeness (QED) is 0.671. The van der Waals surface area contributed by atoms with Crippen LogP contribution in [0.4, 0.5) is 0 Å². The van der Waals surface area contributed by atoms with Crippen LogP contribution in [0.15, 0.2) is 11.6 Å². The summed E-state index contributed by atoms with van der Waals surface area (Å²) in [5.74, 6) is 0. The topological polar surface area (TPSA) is 18.5 Å². The second kappa shape index (κ2) is 6.79. The summed E-state index contributed by atoms with van der Waals surface area (Å²) in [6.07, 6.45) is 2.79. The molecule has 1 atom stereocenters. The Hall–Kier alpha value is 0.167. The Kier molecular flexibility index (Phi) is 6.86. The van der Waals surface area contributed by atoms with E-state index < -0.39 is 8.32 Å². The molecule has 0 rings (SSSR count). The third-order valence-electron chi connectivity index (χ3n) is 3.26. The van der Waals surface area contributed by atoms with Crippen molar-refractivity contribution < 1.29 is 9.16 Å². The van der Waals surface area contributed by atoms with E-state index in [2.05, 4.69) is 33.9 Å². The predicted octanol–water partition coefficient (Wildman–Crippen LogP) is 4.17. The first-order valence-electron chi connectivity index (χ1n) is 5.66. The summed E-state index contributed by atoms with van der Waals surface area (Å²) in [7, 11) is 0.0498. The molecule has 0 fully saturated rings. The number of halogens is 1. The molecule has 0 aromatic carbocycles. The first-order chi connectivity index (χ1) is 7.24. The van der Waals surface area contributed by atoms with Crippen molar-refractivity contribution in [2.45, 2.75) is 51.4 Å². The first kappa shape index (κ1) is 16.2. The minimum atomic E-state index is -1.66. The van der Waals surface area contributed by atoms with Gasteiger partial charge < -0.3 is 9.16 Å². The third kappa shape index (κ3) is 5.48. The van der Waals surface area contributed by atoms with Gasteiger partial charge in [-0.3, -0.25) is 0 Å². The molecule has 0 saturated heterocycles. The highest BCUT2D eigenvalue weighted by atomic mass is 35.5. The van der Waals surface area contributed by atoms with Crippen LogP contribution in [-0.4, -0.2) is 28.1 Å². The Labute approximate surface area is 106 Å². The van der Waals surface area contributed by atoms with Gasteiger partial charge in [-0.05, 0) is 24.6 Å². The summed E-state index contributed by atoms with van der Waals surface area (Å²) in [5, 5.41) is 0.244. The van der Waals surface area contributed by atoms with Gasteiger partial charge in [-0.2, -0.15) is 0 Å². The summed E-state index contributed by atoms with van der Waals surface area (Å²) in [4.78, 5) is 0. The molecule has 0 radical (unpaired) electrons. The fraction of sp³-hybridized carbons (Fsp3) is 0.833. The maximum Gasteiger partial charge on any atom is 0.192 e. The van der Waals surface area contributed by atoms with Crippen molar-refractivity contribution in [2.75, 3.05) is 13.7 Å². The molecule has 0 spiro atoms. The Bertz CT molecular complexity index is 222. The lowest BCUT2D eigenvalue weighted by atomic mass is 10.2. The van der Waals surface area contributed by atoms with Gasteiger partial charge in [0.05, 0.1) is 12.7 Å². The summed E-state index contributed by atoms with van der Waals surface area (Å²) >= 11 is 5.50. The summed E-state index contributed by atoms with van der Waals surface area (Å²) in [6, 6.07) is 0. The lowest BCUT2D eigenvalue weighted by molar-refractivity contribution is 0.0553. The molecule has 0 aliphatic carbocycles. The number of ether oxygens (including phenoxy) is 1. The first-order valence-corrected chi connectivity index (χ1v) is 9.01. The van der Waals surface area contributed by atoms with Gasteiger partial charge >= 0.3 is 0 Å².